The number of hydrogen-bond acceptors (Lipinski definition) is 3. The molecule has 0 aliphatic carbocycles. The van der Waals surface area contributed by atoms with Crippen LogP contribution in [0.5, 0.6) is 5.75 Å². The topological polar surface area (TPSA) is 42.4 Å². The fourth-order valence-electron chi connectivity index (χ4n) is 3.08. The molecule has 0 saturated carbocycles. The second-order valence-electron chi connectivity index (χ2n) is 6.76. The summed E-state index contributed by atoms with van der Waals surface area (Å²) < 4.78 is 6.30. The van der Waals surface area contributed by atoms with Gasteiger partial charge in [0.25, 0.3) is 5.91 Å². The van der Waals surface area contributed by atoms with E-state index < -0.39 is 0 Å². The van der Waals surface area contributed by atoms with Crippen molar-refractivity contribution in [3.8, 4) is 5.75 Å². The SMILES string of the molecule is CCCCC(Oc1cccc(C(=O)N(C)c2cccnc2)c1)c1ccccc1. The van der Waals surface area contributed by atoms with Crippen molar-refractivity contribution in [1.29, 1.82) is 0 Å². The molecular weight excluding hydrogens is 348 g/mol. The fourth-order valence-corrected chi connectivity index (χ4v) is 3.08. The molecule has 1 amide bonds. The van der Waals surface area contributed by atoms with Gasteiger partial charge in [0.1, 0.15) is 11.9 Å². The van der Waals surface area contributed by atoms with E-state index in [-0.39, 0.29) is 12.0 Å². The molecule has 0 saturated heterocycles. The zero-order valence-corrected chi connectivity index (χ0v) is 16.4. The molecule has 1 aromatic heterocycles. The summed E-state index contributed by atoms with van der Waals surface area (Å²) in [6.07, 6.45) is 6.48. The van der Waals surface area contributed by atoms with Crippen molar-refractivity contribution >= 4 is 11.6 Å². The smallest absolute Gasteiger partial charge is 0.258 e. The van der Waals surface area contributed by atoms with Crippen LogP contribution in [-0.2, 0) is 0 Å². The second kappa shape index (κ2) is 9.70. The molecule has 0 bridgehead atoms. The molecule has 0 radical (unpaired) electrons. The van der Waals surface area contributed by atoms with Crippen LogP contribution in [0.15, 0.2) is 79.1 Å². The number of hydrogen-bond donors (Lipinski definition) is 0. The van der Waals surface area contributed by atoms with Gasteiger partial charge in [-0.25, -0.2) is 0 Å². The first-order valence-corrected chi connectivity index (χ1v) is 9.68. The maximum atomic E-state index is 12.9. The summed E-state index contributed by atoms with van der Waals surface area (Å²) >= 11 is 0. The summed E-state index contributed by atoms with van der Waals surface area (Å²) in [5, 5.41) is 0. The van der Waals surface area contributed by atoms with E-state index in [1.807, 2.05) is 54.6 Å². The highest BCUT2D eigenvalue weighted by Crippen LogP contribution is 2.27. The lowest BCUT2D eigenvalue weighted by atomic mass is 10.0. The van der Waals surface area contributed by atoms with Crippen LogP contribution in [0, 0.1) is 0 Å². The van der Waals surface area contributed by atoms with Crippen LogP contribution in [-0.4, -0.2) is 17.9 Å². The molecule has 3 aromatic rings. The highest BCUT2D eigenvalue weighted by atomic mass is 16.5. The third-order valence-corrected chi connectivity index (χ3v) is 4.69. The minimum Gasteiger partial charge on any atom is -0.486 e. The molecule has 0 spiro atoms. The Hall–Kier alpha value is -3.14. The van der Waals surface area contributed by atoms with E-state index in [1.54, 1.807) is 24.3 Å². The van der Waals surface area contributed by atoms with E-state index in [2.05, 4.69) is 24.0 Å². The summed E-state index contributed by atoms with van der Waals surface area (Å²) in [6.45, 7) is 2.18. The fraction of sp³-hybridized carbons (Fsp3) is 0.250. The number of unbranched alkanes of at least 4 members (excludes halogenated alkanes) is 1. The standard InChI is InChI=1S/C24H26N2O2/c1-3-4-15-23(19-10-6-5-7-11-19)28-22-14-8-12-20(17-22)24(27)26(2)21-13-9-16-25-18-21/h5-14,16-18,23H,3-4,15H2,1-2H3. The van der Waals surface area contributed by atoms with Crippen LogP contribution in [0.25, 0.3) is 0 Å². The molecule has 144 valence electrons. The monoisotopic (exact) mass is 374 g/mol. The van der Waals surface area contributed by atoms with Gasteiger partial charge in [-0.05, 0) is 48.7 Å². The number of anilines is 1. The summed E-state index contributed by atoms with van der Waals surface area (Å²) in [5.41, 5.74) is 2.50. The van der Waals surface area contributed by atoms with Crippen molar-refractivity contribution in [2.24, 2.45) is 0 Å². The number of aromatic nitrogens is 1. The Morgan fingerprint density at radius 2 is 1.89 bits per heavy atom. The van der Waals surface area contributed by atoms with Crippen molar-refractivity contribution in [2.75, 3.05) is 11.9 Å². The number of carbonyl (C=O) groups is 1. The molecule has 0 aliphatic heterocycles. The quantitative estimate of drug-likeness (QED) is 0.510. The van der Waals surface area contributed by atoms with Crippen LogP contribution in [0.3, 0.4) is 0 Å². The maximum Gasteiger partial charge on any atom is 0.258 e. The second-order valence-corrected chi connectivity index (χ2v) is 6.76. The average molecular weight is 374 g/mol. The summed E-state index contributed by atoms with van der Waals surface area (Å²) in [7, 11) is 1.75. The number of benzene rings is 2. The first-order valence-electron chi connectivity index (χ1n) is 9.68. The molecular formula is C24H26N2O2. The minimum atomic E-state index is -0.0942. The third kappa shape index (κ3) is 4.97. The molecule has 4 heteroatoms. The number of amides is 1. The molecule has 2 aromatic carbocycles. The first-order chi connectivity index (χ1) is 13.7. The number of carbonyl (C=O) groups excluding carboxylic acids is 1. The van der Waals surface area contributed by atoms with E-state index in [4.69, 9.17) is 4.74 Å². The van der Waals surface area contributed by atoms with Crippen LogP contribution >= 0.6 is 0 Å². The highest BCUT2D eigenvalue weighted by molar-refractivity contribution is 6.05. The lowest BCUT2D eigenvalue weighted by Crippen LogP contribution is -2.26. The van der Waals surface area contributed by atoms with Crippen molar-refractivity contribution in [2.45, 2.75) is 32.3 Å². The van der Waals surface area contributed by atoms with Gasteiger partial charge in [-0.2, -0.15) is 0 Å². The van der Waals surface area contributed by atoms with Gasteiger partial charge in [-0.15, -0.1) is 0 Å². The van der Waals surface area contributed by atoms with E-state index in [9.17, 15) is 4.79 Å². The first kappa shape index (κ1) is 19.6. The lowest BCUT2D eigenvalue weighted by molar-refractivity contribution is 0.0992. The Morgan fingerprint density at radius 1 is 1.07 bits per heavy atom. The molecule has 1 heterocycles. The summed E-state index contributed by atoms with van der Waals surface area (Å²) in [5.74, 6) is 0.610. The zero-order chi connectivity index (χ0) is 19.8. The molecule has 28 heavy (non-hydrogen) atoms. The minimum absolute atomic E-state index is 0.0254. The van der Waals surface area contributed by atoms with Gasteiger partial charge < -0.3 is 9.64 Å². The van der Waals surface area contributed by atoms with Crippen LogP contribution in [0.4, 0.5) is 5.69 Å². The zero-order valence-electron chi connectivity index (χ0n) is 16.4. The van der Waals surface area contributed by atoms with Crippen molar-refractivity contribution in [1.82, 2.24) is 4.98 Å². The number of pyridine rings is 1. The lowest BCUT2D eigenvalue weighted by Gasteiger charge is -2.21. The molecule has 1 atom stereocenters. The van der Waals surface area contributed by atoms with E-state index in [0.717, 1.165) is 30.5 Å². The number of nitrogens with zero attached hydrogens (tertiary/aromatic N) is 2. The summed E-state index contributed by atoms with van der Waals surface area (Å²) in [6, 6.07) is 21.3. The number of rotatable bonds is 8. The average Bonchev–Trinajstić information content (AvgIpc) is 2.77. The Kier molecular flexibility index (Phi) is 6.79. The third-order valence-electron chi connectivity index (χ3n) is 4.69. The Bertz CT molecular complexity index is 881. The number of ether oxygens (including phenoxy) is 1. The highest BCUT2D eigenvalue weighted by Gasteiger charge is 2.17. The maximum absolute atomic E-state index is 12.9. The van der Waals surface area contributed by atoms with Crippen LogP contribution in [0.1, 0.15) is 48.2 Å². The van der Waals surface area contributed by atoms with Gasteiger partial charge in [0, 0.05) is 18.8 Å². The van der Waals surface area contributed by atoms with Gasteiger partial charge in [0.15, 0.2) is 0 Å². The van der Waals surface area contributed by atoms with E-state index >= 15 is 0 Å². The molecule has 3 rings (SSSR count). The van der Waals surface area contributed by atoms with Crippen molar-refractivity contribution in [3.05, 3.63) is 90.3 Å². The van der Waals surface area contributed by atoms with E-state index in [0.29, 0.717) is 11.3 Å². The van der Waals surface area contributed by atoms with Crippen molar-refractivity contribution < 1.29 is 9.53 Å². The van der Waals surface area contributed by atoms with Crippen molar-refractivity contribution in [3.63, 3.8) is 0 Å². The van der Waals surface area contributed by atoms with Gasteiger partial charge in [-0.3, -0.25) is 9.78 Å². The van der Waals surface area contributed by atoms with Crippen LogP contribution < -0.4 is 9.64 Å². The Balaban J connectivity index is 1.78. The molecule has 0 N–H and O–H groups in total. The van der Waals surface area contributed by atoms with Gasteiger partial charge in [0.2, 0.25) is 0 Å². The van der Waals surface area contributed by atoms with Crippen LogP contribution in [0.2, 0.25) is 0 Å². The molecule has 1 unspecified atom stereocenters. The Morgan fingerprint density at radius 3 is 2.61 bits per heavy atom. The van der Waals surface area contributed by atoms with Gasteiger partial charge >= 0.3 is 0 Å². The van der Waals surface area contributed by atoms with E-state index in [1.165, 1.54) is 0 Å². The molecule has 0 aliphatic rings. The molecule has 0 fully saturated rings. The summed E-state index contributed by atoms with van der Waals surface area (Å²) in [4.78, 5) is 18.5. The molecule has 4 nitrogen and oxygen atoms in total. The normalized spacial score (nSPS) is 11.6. The Labute approximate surface area is 166 Å². The predicted molar refractivity (Wildman–Crippen MR) is 113 cm³/mol. The van der Waals surface area contributed by atoms with Gasteiger partial charge in [0.05, 0.1) is 11.9 Å². The largest absolute Gasteiger partial charge is 0.486 e. The van der Waals surface area contributed by atoms with Gasteiger partial charge in [-0.1, -0.05) is 49.7 Å². The predicted octanol–water partition coefficient (Wildman–Crippen LogP) is 5.67.